The molecule has 3 aromatic heterocycles. The number of carbonyl (C=O) groups is 1. The first-order chi connectivity index (χ1) is 12.8. The van der Waals surface area contributed by atoms with Gasteiger partial charge in [-0.3, -0.25) is 4.90 Å². The van der Waals surface area contributed by atoms with Crippen molar-refractivity contribution in [3.8, 4) is 11.5 Å². The fraction of sp³-hybridized carbons (Fsp3) is 0.200. The molecule has 1 atom stereocenters. The summed E-state index contributed by atoms with van der Waals surface area (Å²) in [6.45, 7) is 1.54. The van der Waals surface area contributed by atoms with Crippen molar-refractivity contribution in [2.24, 2.45) is 7.05 Å². The zero-order valence-corrected chi connectivity index (χ0v) is 16.2. The minimum absolute atomic E-state index is 0. The summed E-state index contributed by atoms with van der Waals surface area (Å²) < 4.78 is 14.9. The smallest absolute Gasteiger partial charge is 0.413 e. The highest BCUT2D eigenvalue weighted by atomic mass is 35.5. The molecule has 3 rings (SSSR count). The van der Waals surface area contributed by atoms with Crippen molar-refractivity contribution in [2.45, 2.75) is 13.0 Å². The van der Waals surface area contributed by atoms with Gasteiger partial charge < -0.3 is 10.8 Å². The quantitative estimate of drug-likeness (QED) is 0.605. The molecule has 13 heteroatoms. The van der Waals surface area contributed by atoms with E-state index in [1.165, 1.54) is 31.0 Å². The van der Waals surface area contributed by atoms with Crippen molar-refractivity contribution in [2.75, 3.05) is 10.6 Å². The second-order valence-electron chi connectivity index (χ2n) is 5.59. The number of anilines is 2. The maximum atomic E-state index is 13.6. The van der Waals surface area contributed by atoms with Gasteiger partial charge in [-0.2, -0.15) is 0 Å². The third-order valence-electron chi connectivity index (χ3n) is 3.79. The normalized spacial score (nSPS) is 11.6. The Morgan fingerprint density at radius 3 is 2.57 bits per heavy atom. The minimum atomic E-state index is -1.33. The molecule has 0 radical (unpaired) electrons. The summed E-state index contributed by atoms with van der Waals surface area (Å²) >= 11 is 6.04. The number of carboxylic acid groups (broad SMARTS) is 1. The van der Waals surface area contributed by atoms with Crippen LogP contribution in [0.15, 0.2) is 24.7 Å². The monoisotopic (exact) mass is 428 g/mol. The number of rotatable bonds is 4. The lowest BCUT2D eigenvalue weighted by Gasteiger charge is -2.27. The van der Waals surface area contributed by atoms with Gasteiger partial charge in [-0.25, -0.2) is 28.8 Å². The molecule has 0 aliphatic carbocycles. The molecule has 10 nitrogen and oxygen atoms in total. The van der Waals surface area contributed by atoms with Crippen LogP contribution in [0.5, 0.6) is 0 Å². The Kier molecular flexibility index (Phi) is 6.31. The molecule has 0 saturated heterocycles. The topological polar surface area (TPSA) is 136 Å². The van der Waals surface area contributed by atoms with Crippen LogP contribution in [0.1, 0.15) is 18.5 Å². The van der Waals surface area contributed by atoms with Gasteiger partial charge in [0.05, 0.1) is 30.3 Å². The Bertz CT molecular complexity index is 998. The molecule has 1 amide bonds. The second kappa shape index (κ2) is 8.31. The van der Waals surface area contributed by atoms with E-state index in [-0.39, 0.29) is 40.5 Å². The molecule has 0 aliphatic heterocycles. The highest BCUT2D eigenvalue weighted by Gasteiger charge is 2.32. The number of nitrogens with two attached hydrogens (primary N) is 1. The van der Waals surface area contributed by atoms with Crippen molar-refractivity contribution in [1.29, 1.82) is 0 Å². The van der Waals surface area contributed by atoms with Crippen LogP contribution in [0.3, 0.4) is 0 Å². The van der Waals surface area contributed by atoms with Crippen molar-refractivity contribution >= 4 is 41.6 Å². The van der Waals surface area contributed by atoms with Crippen LogP contribution in [0.4, 0.5) is 20.7 Å². The average molecular weight is 429 g/mol. The number of hydrogen-bond acceptors (Lipinski definition) is 7. The molecule has 3 heterocycles. The number of pyridine rings is 1. The van der Waals surface area contributed by atoms with E-state index in [0.717, 1.165) is 17.2 Å². The fourth-order valence-electron chi connectivity index (χ4n) is 2.54. The SMILES string of the molecule is C[C@H](c1cc(F)cnc1Cl)N(C(=O)O)c1c(-c2ncc(N)cn2)nnn1C.Cl. The van der Waals surface area contributed by atoms with Gasteiger partial charge in [0, 0.05) is 12.6 Å². The van der Waals surface area contributed by atoms with Crippen LogP contribution in [0, 0.1) is 5.82 Å². The number of aromatic nitrogens is 6. The van der Waals surface area contributed by atoms with E-state index in [2.05, 4.69) is 25.3 Å². The van der Waals surface area contributed by atoms with Gasteiger partial charge in [0.2, 0.25) is 0 Å². The predicted octanol–water partition coefficient (Wildman–Crippen LogP) is 2.71. The Morgan fingerprint density at radius 1 is 1.32 bits per heavy atom. The zero-order valence-electron chi connectivity index (χ0n) is 14.6. The maximum absolute atomic E-state index is 13.6. The summed E-state index contributed by atoms with van der Waals surface area (Å²) in [6, 6.07) is 0.224. The molecule has 28 heavy (non-hydrogen) atoms. The Balaban J connectivity index is 0.00000280. The molecule has 0 saturated carbocycles. The number of amides is 1. The van der Waals surface area contributed by atoms with E-state index in [9.17, 15) is 14.3 Å². The standard InChI is InChI=1S/C15H14ClFN8O2.ClH/c1-7(10-3-8(17)4-19-12(10)16)25(15(26)27)14-11(22-23-24(14)2)13-20-5-9(18)6-21-13;/h3-7H,18H2,1-2H3,(H,26,27);1H/t7-;/m1./s1. The Hall–Kier alpha value is -3.05. The molecular formula is C15H15Cl2FN8O2. The Morgan fingerprint density at radius 2 is 1.96 bits per heavy atom. The van der Waals surface area contributed by atoms with Gasteiger partial charge in [0.1, 0.15) is 11.0 Å². The first kappa shape index (κ1) is 21.3. The van der Waals surface area contributed by atoms with Gasteiger partial charge >= 0.3 is 6.09 Å². The van der Waals surface area contributed by atoms with E-state index in [4.69, 9.17) is 17.3 Å². The lowest BCUT2D eigenvalue weighted by atomic mass is 10.1. The second-order valence-corrected chi connectivity index (χ2v) is 5.95. The van der Waals surface area contributed by atoms with Crippen molar-refractivity contribution < 1.29 is 14.3 Å². The minimum Gasteiger partial charge on any atom is -0.465 e. The summed E-state index contributed by atoms with van der Waals surface area (Å²) in [5.74, 6) is -0.425. The fourth-order valence-corrected chi connectivity index (χ4v) is 2.80. The van der Waals surface area contributed by atoms with Gasteiger partial charge in [-0.1, -0.05) is 16.8 Å². The van der Waals surface area contributed by atoms with Crippen LogP contribution in [0.25, 0.3) is 11.5 Å². The Labute approximate surface area is 169 Å². The number of nitrogens with zero attached hydrogens (tertiary/aromatic N) is 7. The molecule has 3 aromatic rings. The summed E-state index contributed by atoms with van der Waals surface area (Å²) in [6.07, 6.45) is 2.35. The number of aryl methyl sites for hydroxylation is 1. The van der Waals surface area contributed by atoms with E-state index in [1.54, 1.807) is 0 Å². The molecule has 3 N–H and O–H groups in total. The van der Waals surface area contributed by atoms with Crippen LogP contribution in [0.2, 0.25) is 5.15 Å². The van der Waals surface area contributed by atoms with E-state index < -0.39 is 18.0 Å². The zero-order chi connectivity index (χ0) is 19.7. The van der Waals surface area contributed by atoms with E-state index in [1.807, 2.05) is 0 Å². The van der Waals surface area contributed by atoms with Gasteiger partial charge in [-0.05, 0) is 13.0 Å². The lowest BCUT2D eigenvalue weighted by molar-refractivity contribution is 0.199. The van der Waals surface area contributed by atoms with Gasteiger partial charge in [-0.15, -0.1) is 17.5 Å². The first-order valence-electron chi connectivity index (χ1n) is 7.60. The first-order valence-corrected chi connectivity index (χ1v) is 7.98. The predicted molar refractivity (Wildman–Crippen MR) is 102 cm³/mol. The number of nitrogen functional groups attached to an aromatic ring is 1. The molecule has 0 bridgehead atoms. The third kappa shape index (κ3) is 3.94. The van der Waals surface area contributed by atoms with Gasteiger partial charge in [0.25, 0.3) is 0 Å². The van der Waals surface area contributed by atoms with Crippen LogP contribution in [-0.2, 0) is 7.05 Å². The summed E-state index contributed by atoms with van der Waals surface area (Å²) in [5.41, 5.74) is 6.22. The molecule has 0 unspecified atom stereocenters. The van der Waals surface area contributed by atoms with Gasteiger partial charge in [0.15, 0.2) is 17.3 Å². The van der Waals surface area contributed by atoms with Crippen molar-refractivity contribution in [3.63, 3.8) is 0 Å². The molecule has 148 valence electrons. The van der Waals surface area contributed by atoms with Crippen LogP contribution >= 0.6 is 24.0 Å². The van der Waals surface area contributed by atoms with Crippen LogP contribution in [-0.4, -0.2) is 41.1 Å². The molecule has 0 fully saturated rings. The van der Waals surface area contributed by atoms with Crippen molar-refractivity contribution in [3.05, 3.63) is 41.2 Å². The average Bonchev–Trinajstić information content (AvgIpc) is 2.99. The van der Waals surface area contributed by atoms with Crippen LogP contribution < -0.4 is 10.6 Å². The molecule has 0 aromatic carbocycles. The summed E-state index contributed by atoms with van der Waals surface area (Å²) in [5, 5.41) is 17.6. The molecule has 0 spiro atoms. The number of hydrogen-bond donors (Lipinski definition) is 2. The largest absolute Gasteiger partial charge is 0.465 e. The number of halogens is 3. The highest BCUT2D eigenvalue weighted by molar-refractivity contribution is 6.30. The lowest BCUT2D eigenvalue weighted by Crippen LogP contribution is -2.34. The maximum Gasteiger partial charge on any atom is 0.413 e. The highest BCUT2D eigenvalue weighted by Crippen LogP contribution is 2.34. The summed E-state index contributed by atoms with van der Waals surface area (Å²) in [7, 11) is 1.51. The van der Waals surface area contributed by atoms with Crippen molar-refractivity contribution in [1.82, 2.24) is 29.9 Å². The molecular weight excluding hydrogens is 414 g/mol. The van der Waals surface area contributed by atoms with E-state index in [0.29, 0.717) is 5.69 Å². The van der Waals surface area contributed by atoms with E-state index >= 15 is 0 Å². The molecule has 0 aliphatic rings. The third-order valence-corrected chi connectivity index (χ3v) is 4.10. The summed E-state index contributed by atoms with van der Waals surface area (Å²) in [4.78, 5) is 24.8.